The predicted octanol–water partition coefficient (Wildman–Crippen LogP) is 2.62. The van der Waals surface area contributed by atoms with Crippen molar-refractivity contribution in [3.8, 4) is 0 Å². The van der Waals surface area contributed by atoms with E-state index in [0.717, 1.165) is 31.7 Å². The van der Waals surface area contributed by atoms with Crippen molar-refractivity contribution in [2.75, 3.05) is 13.1 Å². The maximum atomic E-state index is 5.88. The average Bonchev–Trinajstić information content (AvgIpc) is 2.74. The summed E-state index contributed by atoms with van der Waals surface area (Å²) < 4.78 is 2.05. The number of hydrogen-bond donors (Lipinski definition) is 2. The molecule has 0 aliphatic carbocycles. The fourth-order valence-electron chi connectivity index (χ4n) is 2.29. The lowest BCUT2D eigenvalue weighted by atomic mass is 10.2. The Kier molecular flexibility index (Phi) is 7.87. The molecule has 0 aliphatic rings. The zero-order valence-electron chi connectivity index (χ0n) is 14.0. The normalized spacial score (nSPS) is 13.4. The number of aryl methyl sites for hydroxylation is 2. The molecule has 0 radical (unpaired) electrons. The number of rotatable bonds is 9. The summed E-state index contributed by atoms with van der Waals surface area (Å²) in [5, 5.41) is 7.66. The second kappa shape index (κ2) is 9.42. The molecule has 1 aromatic rings. The zero-order valence-corrected chi connectivity index (χ0v) is 14.0. The molecular weight excluding hydrogens is 262 g/mol. The third-order valence-corrected chi connectivity index (χ3v) is 3.50. The van der Waals surface area contributed by atoms with Crippen LogP contribution in [0.1, 0.15) is 50.9 Å². The predicted molar refractivity (Wildman–Crippen MR) is 89.5 cm³/mol. The average molecular weight is 293 g/mol. The molecule has 1 unspecified atom stereocenters. The lowest BCUT2D eigenvalue weighted by Gasteiger charge is -2.11. The van der Waals surface area contributed by atoms with Crippen LogP contribution in [0, 0.1) is 19.8 Å². The number of aliphatic imine (C=N–C) groups is 1. The molecule has 0 saturated carbocycles. The number of unbranched alkanes of at least 4 members (excludes halogenated alkanes) is 3. The highest BCUT2D eigenvalue weighted by Gasteiger charge is 2.06. The highest BCUT2D eigenvalue weighted by Crippen LogP contribution is 2.06. The van der Waals surface area contributed by atoms with Crippen LogP contribution in [0.2, 0.25) is 0 Å². The van der Waals surface area contributed by atoms with E-state index in [1.807, 2.05) is 11.6 Å². The summed E-state index contributed by atoms with van der Waals surface area (Å²) in [4.78, 5) is 4.42. The van der Waals surface area contributed by atoms with Crippen molar-refractivity contribution >= 4 is 5.96 Å². The quantitative estimate of drug-likeness (QED) is 0.418. The topological polar surface area (TPSA) is 68.2 Å². The van der Waals surface area contributed by atoms with Crippen molar-refractivity contribution in [1.29, 1.82) is 0 Å². The van der Waals surface area contributed by atoms with Gasteiger partial charge in [0.1, 0.15) is 0 Å². The molecule has 1 heterocycles. The van der Waals surface area contributed by atoms with Gasteiger partial charge in [-0.3, -0.25) is 9.67 Å². The molecule has 5 heteroatoms. The summed E-state index contributed by atoms with van der Waals surface area (Å²) in [5.74, 6) is 0.982. The summed E-state index contributed by atoms with van der Waals surface area (Å²) in [6, 6.07) is 2.10. The Bertz CT molecular complexity index is 436. The van der Waals surface area contributed by atoms with Crippen LogP contribution in [0.15, 0.2) is 11.1 Å². The summed E-state index contributed by atoms with van der Waals surface area (Å²) in [6.45, 7) is 11.0. The molecule has 0 fully saturated rings. The molecule has 0 aliphatic heterocycles. The fraction of sp³-hybridized carbons (Fsp3) is 0.750. The molecule has 21 heavy (non-hydrogen) atoms. The van der Waals surface area contributed by atoms with Gasteiger partial charge in [-0.15, -0.1) is 0 Å². The number of guanidine groups is 1. The lowest BCUT2D eigenvalue weighted by Crippen LogP contribution is -2.33. The Balaban J connectivity index is 2.25. The second-order valence-corrected chi connectivity index (χ2v) is 5.93. The van der Waals surface area contributed by atoms with Gasteiger partial charge in [-0.05, 0) is 32.3 Å². The number of hydrogen-bond acceptors (Lipinski definition) is 2. The van der Waals surface area contributed by atoms with Crippen molar-refractivity contribution in [1.82, 2.24) is 15.1 Å². The zero-order chi connectivity index (χ0) is 15.7. The third-order valence-electron chi connectivity index (χ3n) is 3.50. The van der Waals surface area contributed by atoms with E-state index >= 15 is 0 Å². The van der Waals surface area contributed by atoms with Crippen LogP contribution in [-0.4, -0.2) is 28.8 Å². The van der Waals surface area contributed by atoms with Gasteiger partial charge in [0, 0.05) is 25.3 Å². The van der Waals surface area contributed by atoms with Crippen LogP contribution in [0.3, 0.4) is 0 Å². The molecule has 0 spiro atoms. The first-order valence-corrected chi connectivity index (χ1v) is 8.07. The highest BCUT2D eigenvalue weighted by molar-refractivity contribution is 5.77. The number of nitrogens with two attached hydrogens (primary N) is 1. The van der Waals surface area contributed by atoms with Gasteiger partial charge in [0.05, 0.1) is 5.69 Å². The van der Waals surface area contributed by atoms with E-state index in [9.17, 15) is 0 Å². The molecular formula is C16H31N5. The van der Waals surface area contributed by atoms with E-state index in [0.29, 0.717) is 11.9 Å². The largest absolute Gasteiger partial charge is 0.370 e. The molecule has 1 rings (SSSR count). The Morgan fingerprint density at radius 1 is 1.38 bits per heavy atom. The summed E-state index contributed by atoms with van der Waals surface area (Å²) in [5.41, 5.74) is 8.15. The van der Waals surface area contributed by atoms with Crippen molar-refractivity contribution in [2.45, 2.75) is 59.9 Å². The van der Waals surface area contributed by atoms with E-state index in [-0.39, 0.29) is 0 Å². The number of aromatic nitrogens is 2. The van der Waals surface area contributed by atoms with Crippen LogP contribution >= 0.6 is 0 Å². The highest BCUT2D eigenvalue weighted by atomic mass is 15.3. The minimum absolute atomic E-state index is 0.420. The van der Waals surface area contributed by atoms with Gasteiger partial charge in [-0.25, -0.2) is 0 Å². The smallest absolute Gasteiger partial charge is 0.188 e. The molecule has 5 nitrogen and oxygen atoms in total. The van der Waals surface area contributed by atoms with E-state index in [2.05, 4.69) is 42.2 Å². The second-order valence-electron chi connectivity index (χ2n) is 5.93. The van der Waals surface area contributed by atoms with Crippen molar-refractivity contribution in [2.24, 2.45) is 16.6 Å². The fourth-order valence-corrected chi connectivity index (χ4v) is 2.29. The lowest BCUT2D eigenvalue weighted by molar-refractivity contribution is 0.450. The summed E-state index contributed by atoms with van der Waals surface area (Å²) in [6.07, 6.45) is 4.96. The third kappa shape index (κ3) is 7.16. The summed E-state index contributed by atoms with van der Waals surface area (Å²) >= 11 is 0. The number of nitrogens with zero attached hydrogens (tertiary/aromatic N) is 3. The van der Waals surface area contributed by atoms with E-state index < -0.39 is 0 Å². The van der Waals surface area contributed by atoms with E-state index in [4.69, 9.17) is 5.73 Å². The van der Waals surface area contributed by atoms with Crippen LogP contribution in [-0.2, 0) is 6.54 Å². The van der Waals surface area contributed by atoms with Gasteiger partial charge < -0.3 is 11.1 Å². The first-order valence-electron chi connectivity index (χ1n) is 8.07. The minimum atomic E-state index is 0.420. The Hall–Kier alpha value is -1.52. The molecule has 1 atom stereocenters. The van der Waals surface area contributed by atoms with Crippen LogP contribution in [0.25, 0.3) is 0 Å². The maximum Gasteiger partial charge on any atom is 0.188 e. The Morgan fingerprint density at radius 2 is 2.14 bits per heavy atom. The minimum Gasteiger partial charge on any atom is -0.370 e. The van der Waals surface area contributed by atoms with Gasteiger partial charge in [0.25, 0.3) is 0 Å². The SMILES string of the molecule is CCCCCCNC(N)=NCC(C)Cn1nc(C)cc1C. The van der Waals surface area contributed by atoms with Gasteiger partial charge in [-0.1, -0.05) is 33.1 Å². The number of nitrogens with one attached hydrogen (secondary N) is 1. The maximum absolute atomic E-state index is 5.88. The van der Waals surface area contributed by atoms with Crippen molar-refractivity contribution < 1.29 is 0 Å². The molecule has 0 amide bonds. The molecule has 0 bridgehead atoms. The monoisotopic (exact) mass is 293 g/mol. The van der Waals surface area contributed by atoms with Gasteiger partial charge in [-0.2, -0.15) is 5.10 Å². The molecule has 0 aromatic carbocycles. The molecule has 0 saturated heterocycles. The van der Waals surface area contributed by atoms with E-state index in [1.165, 1.54) is 25.0 Å². The molecule has 1 aromatic heterocycles. The van der Waals surface area contributed by atoms with Gasteiger partial charge in [0.15, 0.2) is 5.96 Å². The standard InChI is InChI=1S/C16H31N5/c1-5-6-7-8-9-18-16(17)19-11-13(2)12-21-15(4)10-14(3)20-21/h10,13H,5-9,11-12H2,1-4H3,(H3,17,18,19). The van der Waals surface area contributed by atoms with Gasteiger partial charge in [0.2, 0.25) is 0 Å². The molecule has 120 valence electrons. The first-order chi connectivity index (χ1) is 10.0. The van der Waals surface area contributed by atoms with Crippen molar-refractivity contribution in [3.63, 3.8) is 0 Å². The van der Waals surface area contributed by atoms with Crippen LogP contribution in [0.5, 0.6) is 0 Å². The van der Waals surface area contributed by atoms with E-state index in [1.54, 1.807) is 0 Å². The Labute approximate surface area is 129 Å². The van der Waals surface area contributed by atoms with Gasteiger partial charge >= 0.3 is 0 Å². The Morgan fingerprint density at radius 3 is 2.76 bits per heavy atom. The van der Waals surface area contributed by atoms with Crippen LogP contribution < -0.4 is 11.1 Å². The van der Waals surface area contributed by atoms with Crippen LogP contribution in [0.4, 0.5) is 0 Å². The molecule has 3 N–H and O–H groups in total. The van der Waals surface area contributed by atoms with Crippen molar-refractivity contribution in [3.05, 3.63) is 17.5 Å². The first kappa shape index (κ1) is 17.5. The summed E-state index contributed by atoms with van der Waals surface area (Å²) in [7, 11) is 0.